The van der Waals surface area contributed by atoms with Crippen molar-refractivity contribution >= 4 is 46.7 Å². The molecule has 1 aromatic heterocycles. The Morgan fingerprint density at radius 3 is 2.50 bits per heavy atom. The second kappa shape index (κ2) is 11.8. The van der Waals surface area contributed by atoms with Crippen molar-refractivity contribution in [3.05, 3.63) is 93.7 Å². The van der Waals surface area contributed by atoms with Crippen LogP contribution in [0.5, 0.6) is 0 Å². The third kappa shape index (κ3) is 5.85. The van der Waals surface area contributed by atoms with Crippen molar-refractivity contribution in [2.45, 2.75) is 37.6 Å². The largest absolute Gasteiger partial charge is 0.372 e. The first-order chi connectivity index (χ1) is 19.5. The molecule has 4 heterocycles. The fraction of sp³-hybridized carbons (Fsp3) is 0.375. The van der Waals surface area contributed by atoms with Crippen molar-refractivity contribution < 1.29 is 4.79 Å². The number of hydrogen-bond acceptors (Lipinski definition) is 4. The number of nitrogens with one attached hydrogen (secondary N) is 1. The van der Waals surface area contributed by atoms with Gasteiger partial charge in [-0.05, 0) is 97.9 Å². The van der Waals surface area contributed by atoms with Gasteiger partial charge >= 0.3 is 6.03 Å². The molecule has 3 aliphatic rings. The first-order valence-electron chi connectivity index (χ1n) is 14.2. The van der Waals surface area contributed by atoms with Crippen LogP contribution in [0.15, 0.2) is 66.9 Å². The molecule has 2 fully saturated rings. The van der Waals surface area contributed by atoms with Gasteiger partial charge in [0.1, 0.15) is 5.15 Å². The third-order valence-corrected chi connectivity index (χ3v) is 9.07. The lowest BCUT2D eigenvalue weighted by atomic mass is 9.74. The number of aromatic nitrogens is 1. The predicted molar refractivity (Wildman–Crippen MR) is 165 cm³/mol. The van der Waals surface area contributed by atoms with Gasteiger partial charge < -0.3 is 10.2 Å². The average molecular weight is 577 g/mol. The molecule has 6 nitrogen and oxygen atoms in total. The molecule has 208 valence electrons. The molecule has 0 bridgehead atoms. The van der Waals surface area contributed by atoms with E-state index in [4.69, 9.17) is 23.2 Å². The van der Waals surface area contributed by atoms with Crippen molar-refractivity contribution in [2.24, 2.45) is 0 Å². The minimum Gasteiger partial charge on any atom is -0.372 e. The Bertz CT molecular complexity index is 1380. The molecule has 0 saturated carbocycles. The predicted octanol–water partition coefficient (Wildman–Crippen LogP) is 6.77. The number of benzene rings is 2. The van der Waals surface area contributed by atoms with Gasteiger partial charge in [-0.1, -0.05) is 47.5 Å². The van der Waals surface area contributed by atoms with E-state index in [0.717, 1.165) is 67.4 Å². The van der Waals surface area contributed by atoms with Crippen molar-refractivity contribution in [2.75, 3.05) is 49.1 Å². The van der Waals surface area contributed by atoms with E-state index in [-0.39, 0.29) is 11.4 Å². The number of hydrogen-bond donors (Lipinski definition) is 1. The summed E-state index contributed by atoms with van der Waals surface area (Å²) in [6.07, 6.45) is 10.6. The molecule has 1 spiro atoms. The number of pyridine rings is 1. The normalized spacial score (nSPS) is 18.6. The van der Waals surface area contributed by atoms with Gasteiger partial charge in [-0.2, -0.15) is 0 Å². The second-order valence-electron chi connectivity index (χ2n) is 11.2. The topological polar surface area (TPSA) is 51.7 Å². The van der Waals surface area contributed by atoms with E-state index < -0.39 is 0 Å². The number of amides is 2. The zero-order valence-electron chi connectivity index (χ0n) is 22.7. The van der Waals surface area contributed by atoms with Gasteiger partial charge in [-0.15, -0.1) is 0 Å². The zero-order valence-corrected chi connectivity index (χ0v) is 24.2. The third-order valence-electron chi connectivity index (χ3n) is 8.61. The molecule has 0 unspecified atom stereocenters. The number of anilines is 2. The first-order valence-corrected chi connectivity index (χ1v) is 14.9. The number of carbonyl (C=O) groups excluding carboxylic acids is 1. The summed E-state index contributed by atoms with van der Waals surface area (Å²) in [6, 6.07) is 18.3. The Labute approximate surface area is 246 Å². The fourth-order valence-electron chi connectivity index (χ4n) is 6.34. The summed E-state index contributed by atoms with van der Waals surface area (Å²) in [5.41, 5.74) is 5.73. The highest BCUT2D eigenvalue weighted by molar-refractivity contribution is 6.30. The van der Waals surface area contributed by atoms with Crippen molar-refractivity contribution in [3.63, 3.8) is 0 Å². The second-order valence-corrected chi connectivity index (χ2v) is 12.0. The molecule has 6 rings (SSSR count). The summed E-state index contributed by atoms with van der Waals surface area (Å²) in [5.74, 6) is 0. The molecule has 0 radical (unpaired) electrons. The van der Waals surface area contributed by atoms with E-state index in [2.05, 4.69) is 50.5 Å². The highest BCUT2D eigenvalue weighted by Crippen LogP contribution is 2.48. The molecule has 40 heavy (non-hydrogen) atoms. The monoisotopic (exact) mass is 575 g/mol. The maximum atomic E-state index is 13.5. The molecule has 0 aliphatic carbocycles. The number of halogens is 2. The lowest BCUT2D eigenvalue weighted by molar-refractivity contribution is 0.180. The molecule has 0 atom stereocenters. The number of carbonyl (C=O) groups is 1. The molecule has 2 saturated heterocycles. The summed E-state index contributed by atoms with van der Waals surface area (Å²) in [7, 11) is 0. The van der Waals surface area contributed by atoms with Crippen LogP contribution >= 0.6 is 23.2 Å². The van der Waals surface area contributed by atoms with E-state index in [0.29, 0.717) is 18.2 Å². The Morgan fingerprint density at radius 1 is 0.975 bits per heavy atom. The van der Waals surface area contributed by atoms with Crippen molar-refractivity contribution in [3.8, 4) is 0 Å². The van der Waals surface area contributed by atoms with Gasteiger partial charge in [0.25, 0.3) is 0 Å². The summed E-state index contributed by atoms with van der Waals surface area (Å²) >= 11 is 12.1. The van der Waals surface area contributed by atoms with Crippen LogP contribution in [0.1, 0.15) is 42.4 Å². The minimum absolute atomic E-state index is 0.0290. The minimum atomic E-state index is -0.0618. The van der Waals surface area contributed by atoms with Gasteiger partial charge in [-0.25, -0.2) is 9.78 Å². The summed E-state index contributed by atoms with van der Waals surface area (Å²) in [6.45, 7) is 6.27. The summed E-state index contributed by atoms with van der Waals surface area (Å²) < 4.78 is 0. The van der Waals surface area contributed by atoms with Crippen LogP contribution in [0, 0.1) is 0 Å². The maximum absolute atomic E-state index is 13.5. The van der Waals surface area contributed by atoms with Crippen molar-refractivity contribution in [1.29, 1.82) is 0 Å². The van der Waals surface area contributed by atoms with Gasteiger partial charge in [0.15, 0.2) is 0 Å². The Kier molecular flexibility index (Phi) is 8.01. The average Bonchev–Trinajstić information content (AvgIpc) is 3.61. The molecule has 1 N–H and O–H groups in total. The lowest BCUT2D eigenvalue weighted by Gasteiger charge is -2.39. The molecule has 2 amide bonds. The van der Waals surface area contributed by atoms with E-state index in [1.165, 1.54) is 24.1 Å². The highest BCUT2D eigenvalue weighted by atomic mass is 35.5. The van der Waals surface area contributed by atoms with Gasteiger partial charge in [0, 0.05) is 60.7 Å². The fourth-order valence-corrected chi connectivity index (χ4v) is 6.66. The van der Waals surface area contributed by atoms with E-state index in [1.54, 1.807) is 12.3 Å². The Balaban J connectivity index is 1.17. The van der Waals surface area contributed by atoms with Crippen LogP contribution in [0.4, 0.5) is 16.2 Å². The number of fused-ring (bicyclic) bond motifs is 2. The molecule has 3 aliphatic heterocycles. The van der Waals surface area contributed by atoms with Gasteiger partial charge in [-0.3, -0.25) is 9.80 Å². The molecular weight excluding hydrogens is 541 g/mol. The maximum Gasteiger partial charge on any atom is 0.322 e. The number of piperidine rings is 1. The van der Waals surface area contributed by atoms with E-state index >= 15 is 0 Å². The number of nitrogens with zero attached hydrogens (tertiary/aromatic N) is 4. The van der Waals surface area contributed by atoms with Gasteiger partial charge in [0.2, 0.25) is 0 Å². The van der Waals surface area contributed by atoms with E-state index in [9.17, 15) is 4.79 Å². The van der Waals surface area contributed by atoms with Crippen LogP contribution in [0.3, 0.4) is 0 Å². The molecular formula is C32H35Cl2N5O. The standard InChI is InChI=1S/C32H35Cl2N5O/c33-26-7-5-24(6-8-26)4-3-15-37-18-12-32(13-19-37)23-39(31(40)36-22-25-11-14-35-30(34)20-25)29-10-9-27(21-28(29)32)38-16-1-2-17-38/h3-11,14,20-21H,1-2,12-13,15-19,22-23H2,(H,36,40)/b4-3+. The summed E-state index contributed by atoms with van der Waals surface area (Å²) in [4.78, 5) is 24.5. The smallest absolute Gasteiger partial charge is 0.322 e. The van der Waals surface area contributed by atoms with Crippen molar-refractivity contribution in [1.82, 2.24) is 15.2 Å². The molecule has 8 heteroatoms. The first kappa shape index (κ1) is 27.1. The van der Waals surface area contributed by atoms with Crippen LogP contribution in [-0.4, -0.2) is 55.2 Å². The SMILES string of the molecule is O=C(NCc1ccnc(Cl)c1)N1CC2(CCN(C/C=C/c3ccc(Cl)cc3)CC2)c2cc(N3CCCC3)ccc21. The number of rotatable bonds is 6. The molecule has 2 aromatic carbocycles. The highest BCUT2D eigenvalue weighted by Gasteiger charge is 2.46. The van der Waals surface area contributed by atoms with Gasteiger partial charge in [0.05, 0.1) is 0 Å². The van der Waals surface area contributed by atoms with Crippen LogP contribution in [0.2, 0.25) is 10.2 Å². The summed E-state index contributed by atoms with van der Waals surface area (Å²) in [5, 5.41) is 4.31. The van der Waals surface area contributed by atoms with Crippen LogP contribution in [0.25, 0.3) is 6.08 Å². The zero-order chi connectivity index (χ0) is 27.5. The number of urea groups is 1. The number of likely N-dealkylation sites (tertiary alicyclic amines) is 1. The lowest BCUT2D eigenvalue weighted by Crippen LogP contribution is -2.47. The van der Waals surface area contributed by atoms with Crippen LogP contribution in [-0.2, 0) is 12.0 Å². The van der Waals surface area contributed by atoms with E-state index in [1.807, 2.05) is 35.2 Å². The quantitative estimate of drug-likeness (QED) is 0.330. The Hall–Kier alpha value is -3.06. The Morgan fingerprint density at radius 2 is 1.75 bits per heavy atom. The molecule has 3 aromatic rings. The van der Waals surface area contributed by atoms with Crippen LogP contribution < -0.4 is 15.1 Å².